The first-order chi connectivity index (χ1) is 12.0. The Labute approximate surface area is 150 Å². The van der Waals surface area contributed by atoms with E-state index in [0.717, 1.165) is 19.3 Å². The molecule has 1 aromatic carbocycles. The lowest BCUT2D eigenvalue weighted by atomic mass is 10.0. The monoisotopic (exact) mass is 363 g/mol. The van der Waals surface area contributed by atoms with Crippen LogP contribution >= 0.6 is 11.6 Å². The first kappa shape index (κ1) is 16.5. The summed E-state index contributed by atoms with van der Waals surface area (Å²) in [7, 11) is 0. The highest BCUT2D eigenvalue weighted by Gasteiger charge is 2.34. The number of nitrogens with zero attached hydrogens (tertiary/aromatic N) is 2. The summed E-state index contributed by atoms with van der Waals surface area (Å²) in [6.07, 6.45) is 3.15. The maximum atomic E-state index is 14.3. The van der Waals surface area contributed by atoms with Crippen LogP contribution in [0.2, 0.25) is 5.02 Å². The number of carbonyl (C=O) groups is 1. The Morgan fingerprint density at radius 3 is 2.96 bits per heavy atom. The number of amides is 1. The van der Waals surface area contributed by atoms with E-state index in [2.05, 4.69) is 10.5 Å². The molecule has 0 spiro atoms. The van der Waals surface area contributed by atoms with Crippen LogP contribution in [-0.2, 0) is 0 Å². The van der Waals surface area contributed by atoms with Gasteiger partial charge in [0.2, 0.25) is 0 Å². The van der Waals surface area contributed by atoms with E-state index < -0.39 is 5.82 Å². The number of fused-ring (bicyclic) bond motifs is 2. The van der Waals surface area contributed by atoms with Gasteiger partial charge < -0.3 is 14.7 Å². The number of rotatable bonds is 2. The topological polar surface area (TPSA) is 58.4 Å². The first-order valence-corrected chi connectivity index (χ1v) is 8.88. The molecule has 0 aliphatic carbocycles. The van der Waals surface area contributed by atoms with Gasteiger partial charge >= 0.3 is 0 Å². The number of hydrogen-bond donors (Lipinski definition) is 1. The van der Waals surface area contributed by atoms with Gasteiger partial charge in [-0.15, -0.1) is 0 Å². The van der Waals surface area contributed by atoms with E-state index in [9.17, 15) is 9.18 Å². The van der Waals surface area contributed by atoms with Crippen LogP contribution < -0.4 is 5.32 Å². The molecule has 2 fully saturated rings. The van der Waals surface area contributed by atoms with Crippen molar-refractivity contribution in [3.8, 4) is 11.3 Å². The van der Waals surface area contributed by atoms with E-state index in [0.29, 0.717) is 36.5 Å². The van der Waals surface area contributed by atoms with Crippen LogP contribution in [0, 0.1) is 12.7 Å². The molecule has 7 heteroatoms. The highest BCUT2D eigenvalue weighted by molar-refractivity contribution is 6.33. The Morgan fingerprint density at radius 2 is 2.16 bits per heavy atom. The Kier molecular flexibility index (Phi) is 4.25. The quantitative estimate of drug-likeness (QED) is 0.888. The smallest absolute Gasteiger partial charge is 0.259 e. The molecule has 0 saturated carbocycles. The Balaban J connectivity index is 1.71. The van der Waals surface area contributed by atoms with Crippen molar-refractivity contribution in [3.63, 3.8) is 0 Å². The third-order valence-electron chi connectivity index (χ3n) is 5.09. The number of hydrogen-bond acceptors (Lipinski definition) is 4. The maximum absolute atomic E-state index is 14.3. The Bertz CT molecular complexity index is 802. The lowest BCUT2D eigenvalue weighted by Gasteiger charge is -2.24. The summed E-state index contributed by atoms with van der Waals surface area (Å²) in [4.78, 5) is 15.0. The van der Waals surface area contributed by atoms with Crippen LogP contribution in [0.25, 0.3) is 11.3 Å². The van der Waals surface area contributed by atoms with E-state index in [1.54, 1.807) is 13.0 Å². The zero-order chi connectivity index (χ0) is 17.6. The molecule has 2 bridgehead atoms. The average molecular weight is 364 g/mol. The minimum absolute atomic E-state index is 0.110. The summed E-state index contributed by atoms with van der Waals surface area (Å²) in [5.74, 6) is -0.324. The average Bonchev–Trinajstić information content (AvgIpc) is 3.09. The predicted octanol–water partition coefficient (Wildman–Crippen LogP) is 3.41. The van der Waals surface area contributed by atoms with Crippen LogP contribution in [0.4, 0.5) is 4.39 Å². The van der Waals surface area contributed by atoms with Gasteiger partial charge in [-0.25, -0.2) is 4.39 Å². The van der Waals surface area contributed by atoms with E-state index in [4.69, 9.17) is 16.1 Å². The zero-order valence-electron chi connectivity index (χ0n) is 13.9. The summed E-state index contributed by atoms with van der Waals surface area (Å²) in [6, 6.07) is 5.19. The minimum atomic E-state index is -0.522. The third-order valence-corrected chi connectivity index (χ3v) is 5.40. The van der Waals surface area contributed by atoms with E-state index in [-0.39, 0.29) is 22.2 Å². The molecule has 1 N–H and O–H groups in total. The number of nitrogens with one attached hydrogen (secondary N) is 1. The molecule has 1 amide bonds. The Morgan fingerprint density at radius 1 is 1.36 bits per heavy atom. The lowest BCUT2D eigenvalue weighted by molar-refractivity contribution is 0.0747. The third kappa shape index (κ3) is 2.93. The molecule has 132 valence electrons. The normalized spacial score (nSPS) is 22.9. The molecular formula is C18H19ClFN3O2. The van der Waals surface area contributed by atoms with Crippen molar-refractivity contribution < 1.29 is 13.7 Å². The second-order valence-electron chi connectivity index (χ2n) is 6.74. The van der Waals surface area contributed by atoms with Gasteiger partial charge in [0.1, 0.15) is 22.8 Å². The number of aromatic nitrogens is 1. The van der Waals surface area contributed by atoms with Crippen LogP contribution in [0.1, 0.15) is 35.4 Å². The minimum Gasteiger partial charge on any atom is -0.360 e. The van der Waals surface area contributed by atoms with Crippen LogP contribution in [-0.4, -0.2) is 41.1 Å². The van der Waals surface area contributed by atoms with Gasteiger partial charge in [-0.05, 0) is 38.3 Å². The summed E-state index contributed by atoms with van der Waals surface area (Å²) in [5, 5.41) is 7.69. The fraction of sp³-hybridized carbons (Fsp3) is 0.444. The Hall–Kier alpha value is -1.92. The maximum Gasteiger partial charge on any atom is 0.259 e. The lowest BCUT2D eigenvalue weighted by Crippen LogP contribution is -2.39. The second-order valence-corrected chi connectivity index (χ2v) is 7.14. The first-order valence-electron chi connectivity index (χ1n) is 8.50. The largest absolute Gasteiger partial charge is 0.360 e. The van der Waals surface area contributed by atoms with Crippen molar-refractivity contribution in [1.82, 2.24) is 15.4 Å². The van der Waals surface area contributed by atoms with Crippen LogP contribution in [0.5, 0.6) is 0 Å². The number of likely N-dealkylation sites (tertiary alicyclic amines) is 1. The summed E-state index contributed by atoms with van der Waals surface area (Å²) in [5.41, 5.74) is 0.580. The highest BCUT2D eigenvalue weighted by Crippen LogP contribution is 2.34. The summed E-state index contributed by atoms with van der Waals surface area (Å²) >= 11 is 6.16. The van der Waals surface area contributed by atoms with E-state index in [1.807, 2.05) is 4.90 Å². The van der Waals surface area contributed by atoms with Gasteiger partial charge in [0, 0.05) is 25.2 Å². The van der Waals surface area contributed by atoms with Gasteiger partial charge in [0.05, 0.1) is 10.6 Å². The summed E-state index contributed by atoms with van der Waals surface area (Å²) < 4.78 is 19.5. The van der Waals surface area contributed by atoms with Crippen LogP contribution in [0.15, 0.2) is 22.7 Å². The molecule has 5 nitrogen and oxygen atoms in total. The predicted molar refractivity (Wildman–Crippen MR) is 92.1 cm³/mol. The molecule has 4 rings (SSSR count). The number of aryl methyl sites for hydroxylation is 1. The molecule has 0 radical (unpaired) electrons. The number of halogens is 2. The molecular weight excluding hydrogens is 345 g/mol. The van der Waals surface area contributed by atoms with Crippen molar-refractivity contribution in [2.75, 3.05) is 13.1 Å². The van der Waals surface area contributed by atoms with Crippen molar-refractivity contribution >= 4 is 17.5 Å². The van der Waals surface area contributed by atoms with Crippen molar-refractivity contribution in [2.24, 2.45) is 0 Å². The molecule has 3 heterocycles. The summed E-state index contributed by atoms with van der Waals surface area (Å²) in [6.45, 7) is 2.98. The molecule has 25 heavy (non-hydrogen) atoms. The molecule has 2 aliphatic rings. The second kappa shape index (κ2) is 6.42. The number of carbonyl (C=O) groups excluding carboxylic acids is 1. The van der Waals surface area contributed by atoms with E-state index >= 15 is 0 Å². The van der Waals surface area contributed by atoms with Crippen LogP contribution in [0.3, 0.4) is 0 Å². The highest BCUT2D eigenvalue weighted by atomic mass is 35.5. The SMILES string of the molecule is Cc1onc(-c2c(F)cccc2Cl)c1C(=O)N1CCC2CCC(C1)N2. The number of benzene rings is 1. The molecule has 1 aromatic heterocycles. The molecule has 2 atom stereocenters. The zero-order valence-corrected chi connectivity index (χ0v) is 14.6. The van der Waals surface area contributed by atoms with Crippen molar-refractivity contribution in [3.05, 3.63) is 40.4 Å². The van der Waals surface area contributed by atoms with Gasteiger partial charge in [-0.2, -0.15) is 0 Å². The molecule has 2 aromatic rings. The molecule has 2 saturated heterocycles. The molecule has 2 aliphatic heterocycles. The standard InChI is InChI=1S/C18H19ClFN3O2/c1-10-15(17(22-25-10)16-13(19)3-2-4-14(16)20)18(24)23-8-7-11-5-6-12(9-23)21-11/h2-4,11-12,21H,5-9H2,1H3. The molecule has 2 unspecified atom stereocenters. The van der Waals surface area contributed by atoms with Gasteiger partial charge in [-0.1, -0.05) is 22.8 Å². The van der Waals surface area contributed by atoms with Crippen molar-refractivity contribution in [1.29, 1.82) is 0 Å². The van der Waals surface area contributed by atoms with E-state index in [1.165, 1.54) is 12.1 Å². The fourth-order valence-corrected chi connectivity index (χ4v) is 4.06. The van der Waals surface area contributed by atoms with Crippen molar-refractivity contribution in [2.45, 2.75) is 38.3 Å². The van der Waals surface area contributed by atoms with Gasteiger partial charge in [-0.3, -0.25) is 4.79 Å². The van der Waals surface area contributed by atoms with Gasteiger partial charge in [0.25, 0.3) is 5.91 Å². The van der Waals surface area contributed by atoms with Gasteiger partial charge in [0.15, 0.2) is 0 Å². The fourth-order valence-electron chi connectivity index (χ4n) is 3.80.